The Labute approximate surface area is 125 Å². The fraction of sp³-hybridized carbons (Fsp3) is 0.800. The van der Waals surface area contributed by atoms with Crippen molar-refractivity contribution in [3.8, 4) is 0 Å². The first-order chi connectivity index (χ1) is 9.86. The molecule has 21 heavy (non-hydrogen) atoms. The van der Waals surface area contributed by atoms with E-state index in [0.29, 0.717) is 25.9 Å². The molecule has 0 spiro atoms. The Morgan fingerprint density at radius 3 is 2.52 bits per heavy atom. The normalized spacial score (nSPS) is 20.2. The molecule has 1 aliphatic heterocycles. The summed E-state index contributed by atoms with van der Waals surface area (Å²) in [4.78, 5) is 37.0. The number of amides is 2. The third-order valence-corrected chi connectivity index (χ3v) is 3.84. The Bertz CT molecular complexity index is 395. The molecule has 0 saturated carbocycles. The minimum absolute atomic E-state index is 0.0774. The van der Waals surface area contributed by atoms with Crippen molar-refractivity contribution in [2.75, 3.05) is 13.1 Å². The Morgan fingerprint density at radius 2 is 2.00 bits per heavy atom. The number of carboxylic acid groups (broad SMARTS) is 1. The molecular formula is C15H26N2O4. The minimum Gasteiger partial charge on any atom is -0.480 e. The van der Waals surface area contributed by atoms with Crippen molar-refractivity contribution in [3.05, 3.63) is 0 Å². The number of aliphatic carboxylic acids is 1. The summed E-state index contributed by atoms with van der Waals surface area (Å²) in [6.07, 6.45) is 2.78. The molecular weight excluding hydrogens is 272 g/mol. The average Bonchev–Trinajstić information content (AvgIpc) is 2.44. The molecule has 2 N–H and O–H groups in total. The summed E-state index contributed by atoms with van der Waals surface area (Å²) in [5.74, 6) is -1.68. The number of nitrogens with zero attached hydrogens (tertiary/aromatic N) is 1. The second-order valence-electron chi connectivity index (χ2n) is 6.00. The third kappa shape index (κ3) is 5.02. The highest BCUT2D eigenvalue weighted by Crippen LogP contribution is 2.18. The molecule has 2 amide bonds. The second-order valence-corrected chi connectivity index (χ2v) is 6.00. The van der Waals surface area contributed by atoms with Crippen molar-refractivity contribution in [3.63, 3.8) is 0 Å². The molecule has 0 bridgehead atoms. The monoisotopic (exact) mass is 298 g/mol. The molecule has 2 atom stereocenters. The number of carbonyl (C=O) groups excluding carboxylic acids is 2. The lowest BCUT2D eigenvalue weighted by Gasteiger charge is -2.33. The summed E-state index contributed by atoms with van der Waals surface area (Å²) in [6.45, 7) is 6.56. The Balaban J connectivity index is 2.61. The van der Waals surface area contributed by atoms with Crippen LogP contribution < -0.4 is 5.32 Å². The van der Waals surface area contributed by atoms with Gasteiger partial charge in [0.2, 0.25) is 11.8 Å². The zero-order valence-electron chi connectivity index (χ0n) is 13.1. The van der Waals surface area contributed by atoms with Crippen molar-refractivity contribution in [2.24, 2.45) is 11.8 Å². The highest BCUT2D eigenvalue weighted by atomic mass is 16.4. The van der Waals surface area contributed by atoms with E-state index in [1.165, 1.54) is 0 Å². The predicted octanol–water partition coefficient (Wildman–Crippen LogP) is 1.25. The van der Waals surface area contributed by atoms with Crippen molar-refractivity contribution < 1.29 is 19.5 Å². The van der Waals surface area contributed by atoms with Gasteiger partial charge in [-0.25, -0.2) is 4.79 Å². The largest absolute Gasteiger partial charge is 0.480 e. The van der Waals surface area contributed by atoms with E-state index in [9.17, 15) is 14.4 Å². The summed E-state index contributed by atoms with van der Waals surface area (Å²) in [5, 5.41) is 11.7. The maximum atomic E-state index is 12.2. The summed E-state index contributed by atoms with van der Waals surface area (Å²) < 4.78 is 0. The number of rotatable bonds is 6. The molecule has 1 aliphatic rings. The molecule has 0 aliphatic carbocycles. The van der Waals surface area contributed by atoms with Gasteiger partial charge in [-0.05, 0) is 25.2 Å². The highest BCUT2D eigenvalue weighted by molar-refractivity contribution is 5.86. The second kappa shape index (κ2) is 8.00. The van der Waals surface area contributed by atoms with Gasteiger partial charge in [0.05, 0.1) is 5.92 Å². The van der Waals surface area contributed by atoms with Crippen LogP contribution in [-0.4, -0.2) is 46.9 Å². The molecule has 0 aromatic heterocycles. The van der Waals surface area contributed by atoms with Gasteiger partial charge in [0, 0.05) is 19.5 Å². The van der Waals surface area contributed by atoms with Crippen molar-refractivity contribution >= 4 is 17.8 Å². The maximum absolute atomic E-state index is 12.2. The van der Waals surface area contributed by atoms with Crippen LogP contribution in [0.2, 0.25) is 0 Å². The summed E-state index contributed by atoms with van der Waals surface area (Å²) in [6, 6.07) is -0.876. The van der Waals surface area contributed by atoms with E-state index in [1.54, 1.807) is 18.7 Å². The molecule has 2 unspecified atom stereocenters. The van der Waals surface area contributed by atoms with Crippen LogP contribution in [0.3, 0.4) is 0 Å². The topological polar surface area (TPSA) is 86.7 Å². The number of carbonyl (C=O) groups is 3. The molecule has 0 aromatic carbocycles. The van der Waals surface area contributed by atoms with Crippen LogP contribution in [0.1, 0.15) is 46.5 Å². The van der Waals surface area contributed by atoms with Gasteiger partial charge in [-0.3, -0.25) is 9.59 Å². The van der Waals surface area contributed by atoms with Gasteiger partial charge in [0.15, 0.2) is 0 Å². The maximum Gasteiger partial charge on any atom is 0.326 e. The minimum atomic E-state index is -1.02. The highest BCUT2D eigenvalue weighted by Gasteiger charge is 2.31. The SMILES string of the molecule is CCCC(=O)N1CCCC(C(=O)NC(C(=O)O)C(C)C)C1. The van der Waals surface area contributed by atoms with Gasteiger partial charge in [0.1, 0.15) is 6.04 Å². The summed E-state index contributed by atoms with van der Waals surface area (Å²) in [7, 11) is 0. The zero-order valence-corrected chi connectivity index (χ0v) is 13.1. The quantitative estimate of drug-likeness (QED) is 0.772. The first-order valence-electron chi connectivity index (χ1n) is 7.67. The van der Waals surface area contributed by atoms with Gasteiger partial charge in [-0.15, -0.1) is 0 Å². The lowest BCUT2D eigenvalue weighted by Crippen LogP contribution is -2.50. The third-order valence-electron chi connectivity index (χ3n) is 3.84. The molecule has 120 valence electrons. The van der Waals surface area contributed by atoms with Crippen LogP contribution in [-0.2, 0) is 14.4 Å². The van der Waals surface area contributed by atoms with Crippen LogP contribution in [0.15, 0.2) is 0 Å². The number of likely N-dealkylation sites (tertiary alicyclic amines) is 1. The van der Waals surface area contributed by atoms with Crippen molar-refractivity contribution in [1.82, 2.24) is 10.2 Å². The van der Waals surface area contributed by atoms with E-state index in [-0.39, 0.29) is 23.7 Å². The Hall–Kier alpha value is -1.59. The van der Waals surface area contributed by atoms with Crippen molar-refractivity contribution in [2.45, 2.75) is 52.5 Å². The van der Waals surface area contributed by atoms with E-state index in [2.05, 4.69) is 5.32 Å². The first kappa shape index (κ1) is 17.5. The van der Waals surface area contributed by atoms with Gasteiger partial charge >= 0.3 is 5.97 Å². The molecule has 1 fully saturated rings. The van der Waals surface area contributed by atoms with Crippen LogP contribution in [0, 0.1) is 11.8 Å². The number of nitrogens with one attached hydrogen (secondary N) is 1. The fourth-order valence-electron chi connectivity index (χ4n) is 2.57. The lowest BCUT2D eigenvalue weighted by atomic mass is 9.95. The first-order valence-corrected chi connectivity index (χ1v) is 7.67. The fourth-order valence-corrected chi connectivity index (χ4v) is 2.57. The van der Waals surface area contributed by atoms with E-state index < -0.39 is 12.0 Å². The molecule has 6 nitrogen and oxygen atoms in total. The van der Waals surface area contributed by atoms with E-state index in [4.69, 9.17) is 5.11 Å². The smallest absolute Gasteiger partial charge is 0.326 e. The summed E-state index contributed by atoms with van der Waals surface area (Å²) >= 11 is 0. The van der Waals surface area contributed by atoms with Crippen LogP contribution in [0.4, 0.5) is 0 Å². The van der Waals surface area contributed by atoms with Gasteiger partial charge < -0.3 is 15.3 Å². The predicted molar refractivity (Wildman–Crippen MR) is 78.6 cm³/mol. The molecule has 6 heteroatoms. The number of piperidine rings is 1. The number of carboxylic acids is 1. The molecule has 1 saturated heterocycles. The molecule has 1 rings (SSSR count). The summed E-state index contributed by atoms with van der Waals surface area (Å²) in [5.41, 5.74) is 0. The van der Waals surface area contributed by atoms with Crippen molar-refractivity contribution in [1.29, 1.82) is 0 Å². The lowest BCUT2D eigenvalue weighted by molar-refractivity contribution is -0.145. The Kier molecular flexibility index (Phi) is 6.65. The van der Waals surface area contributed by atoms with Gasteiger partial charge in [-0.1, -0.05) is 20.8 Å². The van der Waals surface area contributed by atoms with E-state index in [0.717, 1.165) is 12.8 Å². The van der Waals surface area contributed by atoms with Crippen LogP contribution >= 0.6 is 0 Å². The number of hydrogen-bond donors (Lipinski definition) is 2. The van der Waals surface area contributed by atoms with E-state index >= 15 is 0 Å². The van der Waals surface area contributed by atoms with E-state index in [1.807, 2.05) is 6.92 Å². The standard InChI is InChI=1S/C15H26N2O4/c1-4-6-12(18)17-8-5-7-11(9-17)14(19)16-13(10(2)3)15(20)21/h10-11,13H,4-9H2,1-3H3,(H,16,19)(H,20,21). The average molecular weight is 298 g/mol. The van der Waals surface area contributed by atoms with Gasteiger partial charge in [-0.2, -0.15) is 0 Å². The zero-order chi connectivity index (χ0) is 16.0. The van der Waals surface area contributed by atoms with Crippen LogP contribution in [0.5, 0.6) is 0 Å². The molecule has 0 aromatic rings. The van der Waals surface area contributed by atoms with Crippen LogP contribution in [0.25, 0.3) is 0 Å². The van der Waals surface area contributed by atoms with Gasteiger partial charge in [0.25, 0.3) is 0 Å². The molecule has 0 radical (unpaired) electrons. The number of hydrogen-bond acceptors (Lipinski definition) is 3. The molecule has 1 heterocycles. The Morgan fingerprint density at radius 1 is 1.33 bits per heavy atom.